The maximum Gasteiger partial charge on any atom is 0.255 e. The molecule has 3 N–H and O–H groups in total. The average Bonchev–Trinajstić information content (AvgIpc) is 2.84. The molecule has 172 valence electrons. The molecular formula is C27H27N5O2. The third-order valence-corrected chi connectivity index (χ3v) is 6.01. The number of hydrogen-bond donors (Lipinski definition) is 2. The van der Waals surface area contributed by atoms with Crippen LogP contribution in [0.2, 0.25) is 0 Å². The van der Waals surface area contributed by atoms with Gasteiger partial charge in [-0.1, -0.05) is 30.3 Å². The van der Waals surface area contributed by atoms with Crippen molar-refractivity contribution in [3.05, 3.63) is 101 Å². The molecule has 1 aromatic heterocycles. The molecule has 2 aromatic carbocycles. The number of aromatic nitrogens is 1. The number of allylic oxidation sites excluding steroid dienone is 1. The Morgan fingerprint density at radius 3 is 2.35 bits per heavy atom. The van der Waals surface area contributed by atoms with Crippen LogP contribution in [-0.2, 0) is 0 Å². The van der Waals surface area contributed by atoms with Gasteiger partial charge in [-0.2, -0.15) is 0 Å². The number of nitrogens with zero attached hydrogens (tertiary/aromatic N) is 3. The van der Waals surface area contributed by atoms with Gasteiger partial charge in [-0.15, -0.1) is 0 Å². The number of benzene rings is 2. The van der Waals surface area contributed by atoms with Gasteiger partial charge in [-0.25, -0.2) is 0 Å². The number of rotatable bonds is 6. The average molecular weight is 454 g/mol. The van der Waals surface area contributed by atoms with Gasteiger partial charge in [-0.3, -0.25) is 19.6 Å². The zero-order valence-electron chi connectivity index (χ0n) is 19.2. The second-order valence-corrected chi connectivity index (χ2v) is 8.26. The van der Waals surface area contributed by atoms with Crippen LogP contribution in [0.5, 0.6) is 0 Å². The van der Waals surface area contributed by atoms with E-state index < -0.39 is 0 Å². The lowest BCUT2D eigenvalue weighted by atomic mass is 9.89. The van der Waals surface area contributed by atoms with Gasteiger partial charge in [0, 0.05) is 73.3 Å². The maximum atomic E-state index is 13.0. The van der Waals surface area contributed by atoms with Gasteiger partial charge in [-0.05, 0) is 47.9 Å². The number of aryl methyl sites for hydroxylation is 1. The first-order valence-corrected chi connectivity index (χ1v) is 11.1. The summed E-state index contributed by atoms with van der Waals surface area (Å²) in [4.78, 5) is 35.3. The van der Waals surface area contributed by atoms with E-state index in [1.165, 1.54) is 5.56 Å². The zero-order chi connectivity index (χ0) is 24.1. The summed E-state index contributed by atoms with van der Waals surface area (Å²) in [6.07, 6.45) is 6.42. The van der Waals surface area contributed by atoms with E-state index in [1.807, 2.05) is 30.0 Å². The number of nitrogens with one attached hydrogen (secondary N) is 1. The van der Waals surface area contributed by atoms with Crippen LogP contribution >= 0.6 is 0 Å². The number of pyridine rings is 1. The number of carbonyl (C=O) groups is 2. The van der Waals surface area contributed by atoms with Crippen molar-refractivity contribution in [2.45, 2.75) is 12.8 Å². The molecule has 7 nitrogen and oxygen atoms in total. The summed E-state index contributed by atoms with van der Waals surface area (Å²) in [6, 6.07) is 16.9. The van der Waals surface area contributed by atoms with E-state index in [2.05, 4.69) is 27.4 Å². The topological polar surface area (TPSA) is 101 Å². The third kappa shape index (κ3) is 4.88. The number of hydrogen-bond acceptors (Lipinski definition) is 5. The van der Waals surface area contributed by atoms with E-state index in [-0.39, 0.29) is 11.8 Å². The molecule has 2 amide bonds. The predicted octanol–water partition coefficient (Wildman–Crippen LogP) is 3.88. The minimum atomic E-state index is -0.236. The fraction of sp³-hybridized carbons (Fsp3) is 0.185. The largest absolute Gasteiger partial charge is 0.404 e. The number of carbonyl (C=O) groups excluding carboxylic acids is 2. The van der Waals surface area contributed by atoms with E-state index in [4.69, 9.17) is 5.73 Å². The van der Waals surface area contributed by atoms with E-state index in [1.54, 1.807) is 56.1 Å². The van der Waals surface area contributed by atoms with Gasteiger partial charge in [0.15, 0.2) is 0 Å². The summed E-state index contributed by atoms with van der Waals surface area (Å²) < 4.78 is 0. The second-order valence-electron chi connectivity index (χ2n) is 8.26. The monoisotopic (exact) mass is 453 g/mol. The van der Waals surface area contributed by atoms with E-state index in [9.17, 15) is 9.59 Å². The molecule has 1 saturated heterocycles. The van der Waals surface area contributed by atoms with Crippen molar-refractivity contribution >= 4 is 29.3 Å². The van der Waals surface area contributed by atoms with Crippen molar-refractivity contribution in [1.29, 1.82) is 0 Å². The Hall–Kier alpha value is -4.26. The molecule has 0 saturated carbocycles. The molecule has 7 heteroatoms. The van der Waals surface area contributed by atoms with Crippen LogP contribution in [0, 0.1) is 6.92 Å². The lowest BCUT2D eigenvalue weighted by molar-refractivity contribution is 0.0602. The number of nitrogens with two attached hydrogens (primary N) is 1. The highest BCUT2D eigenvalue weighted by molar-refractivity contribution is 6.09. The molecule has 4 rings (SSSR count). The number of likely N-dealkylation sites (tertiary alicyclic amines) is 1. The molecule has 34 heavy (non-hydrogen) atoms. The van der Waals surface area contributed by atoms with Gasteiger partial charge in [0.05, 0.1) is 0 Å². The van der Waals surface area contributed by atoms with Crippen molar-refractivity contribution in [2.24, 2.45) is 10.7 Å². The summed E-state index contributed by atoms with van der Waals surface area (Å²) in [5, 5.41) is 2.90. The second kappa shape index (κ2) is 10.1. The van der Waals surface area contributed by atoms with Gasteiger partial charge < -0.3 is 16.0 Å². The Morgan fingerprint density at radius 1 is 1.03 bits per heavy atom. The summed E-state index contributed by atoms with van der Waals surface area (Å²) in [5.74, 6) is 0.0136. The lowest BCUT2D eigenvalue weighted by Gasteiger charge is -2.39. The van der Waals surface area contributed by atoms with Crippen LogP contribution in [0.4, 0.5) is 5.69 Å². The molecule has 0 radical (unpaired) electrons. The zero-order valence-corrected chi connectivity index (χ0v) is 19.2. The minimum Gasteiger partial charge on any atom is -0.404 e. The van der Waals surface area contributed by atoms with Gasteiger partial charge in [0.2, 0.25) is 0 Å². The normalized spacial score (nSPS) is 14.2. The molecule has 2 heterocycles. The molecule has 0 unspecified atom stereocenters. The summed E-state index contributed by atoms with van der Waals surface area (Å²) in [5.41, 5.74) is 11.3. The Kier molecular flexibility index (Phi) is 6.82. The number of amides is 2. The van der Waals surface area contributed by atoms with E-state index >= 15 is 0 Å². The third-order valence-electron chi connectivity index (χ3n) is 6.01. The van der Waals surface area contributed by atoms with Crippen molar-refractivity contribution in [2.75, 3.05) is 25.5 Å². The highest BCUT2D eigenvalue weighted by atomic mass is 16.2. The molecule has 1 aliphatic rings. The number of anilines is 1. The van der Waals surface area contributed by atoms with Gasteiger partial charge in [0.25, 0.3) is 11.8 Å². The Labute approximate surface area is 199 Å². The maximum absolute atomic E-state index is 13.0. The fourth-order valence-electron chi connectivity index (χ4n) is 3.93. The van der Waals surface area contributed by atoms with Crippen LogP contribution in [0.1, 0.15) is 43.3 Å². The van der Waals surface area contributed by atoms with E-state index in [0.717, 1.165) is 16.7 Å². The molecule has 0 aliphatic carbocycles. The highest BCUT2D eigenvalue weighted by Crippen LogP contribution is 2.30. The first-order valence-electron chi connectivity index (χ1n) is 11.1. The van der Waals surface area contributed by atoms with Crippen LogP contribution in [0.15, 0.2) is 78.2 Å². The van der Waals surface area contributed by atoms with Crippen molar-refractivity contribution in [3.63, 3.8) is 0 Å². The van der Waals surface area contributed by atoms with Crippen LogP contribution in [0.25, 0.3) is 5.57 Å². The van der Waals surface area contributed by atoms with Gasteiger partial charge in [0.1, 0.15) is 0 Å². The minimum absolute atomic E-state index is 0.0419. The molecular weight excluding hydrogens is 426 g/mol. The SMILES string of the molecule is CN=CC(=CN)c1ccc(C2CN(C(=O)c3ccc(C)c(NC(=O)c4ccncc4)c3)C2)cc1. The van der Waals surface area contributed by atoms with Gasteiger partial charge >= 0.3 is 0 Å². The van der Waals surface area contributed by atoms with E-state index in [0.29, 0.717) is 35.8 Å². The molecule has 1 aliphatic heterocycles. The molecule has 0 spiro atoms. The Balaban J connectivity index is 1.40. The molecule has 0 bridgehead atoms. The summed E-state index contributed by atoms with van der Waals surface area (Å²) >= 11 is 0. The summed E-state index contributed by atoms with van der Waals surface area (Å²) in [6.45, 7) is 3.21. The fourth-order valence-corrected chi connectivity index (χ4v) is 3.93. The Bertz CT molecular complexity index is 1240. The quantitative estimate of drug-likeness (QED) is 0.553. The van der Waals surface area contributed by atoms with Crippen molar-refractivity contribution in [3.8, 4) is 0 Å². The summed E-state index contributed by atoms with van der Waals surface area (Å²) in [7, 11) is 1.71. The smallest absolute Gasteiger partial charge is 0.255 e. The highest BCUT2D eigenvalue weighted by Gasteiger charge is 2.32. The van der Waals surface area contributed by atoms with Crippen molar-refractivity contribution < 1.29 is 9.59 Å². The molecule has 1 fully saturated rings. The van der Waals surface area contributed by atoms with Crippen LogP contribution < -0.4 is 11.1 Å². The Morgan fingerprint density at radius 2 is 1.71 bits per heavy atom. The first kappa shape index (κ1) is 22.9. The lowest BCUT2D eigenvalue weighted by Crippen LogP contribution is -2.48. The first-order chi connectivity index (χ1) is 16.5. The number of aliphatic imine (C=N–C) groups is 1. The van der Waals surface area contributed by atoms with Crippen LogP contribution in [-0.4, -0.2) is 48.1 Å². The van der Waals surface area contributed by atoms with Crippen molar-refractivity contribution in [1.82, 2.24) is 9.88 Å². The van der Waals surface area contributed by atoms with Crippen LogP contribution in [0.3, 0.4) is 0 Å². The molecule has 0 atom stereocenters. The predicted molar refractivity (Wildman–Crippen MR) is 135 cm³/mol. The standard InChI is InChI=1S/C27H27N5O2/c1-18-3-4-22(13-25(18)31-26(33)21-9-11-30-12-10-21)27(34)32-16-24(17-32)20-7-5-19(6-8-20)23(14-28)15-29-2/h3-15,24H,16-17,28H2,1-2H3,(H,31,33). The molecule has 3 aromatic rings.